The van der Waals surface area contributed by atoms with Crippen LogP contribution in [0.25, 0.3) is 0 Å². The van der Waals surface area contributed by atoms with Crippen LogP contribution < -0.4 is 10.1 Å². The maximum Gasteiger partial charge on any atom is 0.422 e. The highest BCUT2D eigenvalue weighted by Gasteiger charge is 2.51. The van der Waals surface area contributed by atoms with E-state index in [-0.39, 0.29) is 5.75 Å². The summed E-state index contributed by atoms with van der Waals surface area (Å²) in [6.45, 7) is -2.36. The van der Waals surface area contributed by atoms with Gasteiger partial charge in [0.25, 0.3) is 5.91 Å². The van der Waals surface area contributed by atoms with E-state index in [1.807, 2.05) is 6.07 Å². The molecule has 1 saturated heterocycles. The van der Waals surface area contributed by atoms with Gasteiger partial charge in [0.1, 0.15) is 17.3 Å². The fourth-order valence-corrected chi connectivity index (χ4v) is 6.66. The topological polar surface area (TPSA) is 117 Å². The third kappa shape index (κ3) is 6.54. The maximum absolute atomic E-state index is 13.6. The molecule has 0 aromatic heterocycles. The van der Waals surface area contributed by atoms with E-state index in [0.29, 0.717) is 23.8 Å². The monoisotopic (exact) mass is 623 g/mol. The minimum absolute atomic E-state index is 0.299. The highest BCUT2D eigenvalue weighted by Crippen LogP contribution is 2.39. The quantitative estimate of drug-likeness (QED) is 0.453. The smallest absolute Gasteiger partial charge is 0.422 e. The Balaban J connectivity index is 1.67. The van der Waals surface area contributed by atoms with Crippen LogP contribution in [0.1, 0.15) is 35.2 Å². The predicted molar refractivity (Wildman–Crippen MR) is 131 cm³/mol. The van der Waals surface area contributed by atoms with Crippen molar-refractivity contribution < 1.29 is 49.1 Å². The van der Waals surface area contributed by atoms with Gasteiger partial charge in [0.15, 0.2) is 16.4 Å². The summed E-state index contributed by atoms with van der Waals surface area (Å²) in [7, 11) is -4.49. The second-order valence-corrected chi connectivity index (χ2v) is 12.2. The molecule has 1 aliphatic carbocycles. The zero-order chi connectivity index (χ0) is 30.4. The number of ether oxygens (including phenoxy) is 1. The predicted octanol–water partition coefficient (Wildman–Crippen LogP) is 4.53. The van der Waals surface area contributed by atoms with E-state index in [2.05, 4.69) is 10.1 Å². The number of nitrogens with zero attached hydrogens (tertiary/aromatic N) is 2. The van der Waals surface area contributed by atoms with Gasteiger partial charge in [0.2, 0.25) is 5.91 Å². The first-order chi connectivity index (χ1) is 19.0. The number of nitrogens with one attached hydrogen (secondary N) is 1. The number of halogens is 7. The van der Waals surface area contributed by atoms with E-state index < -0.39 is 91.5 Å². The minimum atomic E-state index is -4.93. The van der Waals surface area contributed by atoms with Gasteiger partial charge >= 0.3 is 12.4 Å². The number of benzene rings is 2. The van der Waals surface area contributed by atoms with Crippen molar-refractivity contribution in [3.8, 4) is 11.8 Å². The highest BCUT2D eigenvalue weighted by atomic mass is 35.5. The highest BCUT2D eigenvalue weighted by molar-refractivity contribution is 7.92. The Kier molecular flexibility index (Phi) is 7.96. The van der Waals surface area contributed by atoms with Crippen LogP contribution >= 0.6 is 11.6 Å². The Morgan fingerprint density at radius 2 is 1.78 bits per heavy atom. The summed E-state index contributed by atoms with van der Waals surface area (Å²) in [5, 5.41) is 9.76. The first-order valence-corrected chi connectivity index (χ1v) is 13.8. The number of rotatable bonds is 7. The van der Waals surface area contributed by atoms with Crippen LogP contribution in [-0.2, 0) is 20.8 Å². The zero-order valence-electron chi connectivity index (χ0n) is 20.7. The zero-order valence-corrected chi connectivity index (χ0v) is 22.3. The molecule has 2 unspecified atom stereocenters. The molecule has 41 heavy (non-hydrogen) atoms. The lowest BCUT2D eigenvalue weighted by Crippen LogP contribution is -2.49. The number of hydrogen-bond acceptors (Lipinski definition) is 6. The van der Waals surface area contributed by atoms with Crippen LogP contribution in [0, 0.1) is 11.3 Å². The van der Waals surface area contributed by atoms with Gasteiger partial charge in [-0.3, -0.25) is 9.59 Å². The number of sulfone groups is 1. The van der Waals surface area contributed by atoms with E-state index in [0.717, 1.165) is 30.3 Å². The van der Waals surface area contributed by atoms with Crippen LogP contribution in [-0.4, -0.2) is 61.3 Å². The number of carbonyl (C=O) groups is 2. The third-order valence-electron chi connectivity index (χ3n) is 6.67. The molecule has 2 amide bonds. The molecular formula is C25H20ClF6N3O5S. The summed E-state index contributed by atoms with van der Waals surface area (Å²) in [6.07, 6.45) is -9.54. The van der Waals surface area contributed by atoms with Crippen molar-refractivity contribution in [3.63, 3.8) is 0 Å². The molecule has 1 heterocycles. The standard InChI is InChI=1S/C25H20ClF6N3O5S/c26-18-9-14(40-13-24(27,28)29)5-6-20(18)41(38,39)15-10-19(21(36)34-23(12-33)7-8-23)35(11-15)22(37)16-3-1-2-4-17(16)25(30,31)32/h1-6,9,15,19H,7-8,10-11,13H2,(H,34,36). The molecule has 4 rings (SSSR count). The second-order valence-electron chi connectivity index (χ2n) is 9.60. The SMILES string of the molecule is N#CC1(NC(=O)C2CC(S(=O)(=O)c3ccc(OCC(F)(F)F)cc3Cl)CN2C(=O)c2ccccc2C(F)(F)F)CC1. The van der Waals surface area contributed by atoms with Crippen molar-refractivity contribution >= 4 is 33.3 Å². The van der Waals surface area contributed by atoms with Crippen molar-refractivity contribution in [1.82, 2.24) is 10.2 Å². The Morgan fingerprint density at radius 3 is 2.34 bits per heavy atom. The summed E-state index contributed by atoms with van der Waals surface area (Å²) in [5.41, 5.74) is -3.31. The molecule has 0 radical (unpaired) electrons. The van der Waals surface area contributed by atoms with E-state index >= 15 is 0 Å². The molecule has 0 spiro atoms. The molecular weight excluding hydrogens is 604 g/mol. The molecule has 16 heteroatoms. The van der Waals surface area contributed by atoms with Crippen LogP contribution in [0.15, 0.2) is 47.4 Å². The molecule has 220 valence electrons. The Hall–Kier alpha value is -3.51. The van der Waals surface area contributed by atoms with Crippen molar-refractivity contribution in [3.05, 3.63) is 58.6 Å². The van der Waals surface area contributed by atoms with Crippen molar-refractivity contribution in [1.29, 1.82) is 5.26 Å². The van der Waals surface area contributed by atoms with Gasteiger partial charge in [-0.25, -0.2) is 8.42 Å². The Morgan fingerprint density at radius 1 is 1.12 bits per heavy atom. The normalized spacial score (nSPS) is 20.3. The maximum atomic E-state index is 13.6. The van der Waals surface area contributed by atoms with Crippen LogP contribution in [0.3, 0.4) is 0 Å². The molecule has 1 aliphatic heterocycles. The lowest BCUT2D eigenvalue weighted by Gasteiger charge is -2.26. The van der Waals surface area contributed by atoms with Gasteiger partial charge < -0.3 is 15.0 Å². The number of carbonyl (C=O) groups excluding carboxylic acids is 2. The summed E-state index contributed by atoms with van der Waals surface area (Å²) in [4.78, 5) is 26.7. The van der Waals surface area contributed by atoms with E-state index in [9.17, 15) is 49.6 Å². The third-order valence-corrected chi connectivity index (χ3v) is 9.28. The minimum Gasteiger partial charge on any atom is -0.484 e. The van der Waals surface area contributed by atoms with Crippen molar-refractivity contribution in [2.45, 2.75) is 53.3 Å². The summed E-state index contributed by atoms with van der Waals surface area (Å²) in [6, 6.07) is 6.86. The van der Waals surface area contributed by atoms with Gasteiger partial charge in [-0.15, -0.1) is 0 Å². The Bertz CT molecular complexity index is 1520. The molecule has 1 N–H and O–H groups in total. The molecule has 2 aliphatic rings. The van der Waals surface area contributed by atoms with Crippen LogP contribution in [0.5, 0.6) is 5.75 Å². The van der Waals surface area contributed by atoms with Gasteiger partial charge in [0.05, 0.1) is 32.4 Å². The first-order valence-electron chi connectivity index (χ1n) is 11.9. The molecule has 0 bridgehead atoms. The molecule has 8 nitrogen and oxygen atoms in total. The number of alkyl halides is 6. The van der Waals surface area contributed by atoms with E-state index in [1.165, 1.54) is 6.07 Å². The van der Waals surface area contributed by atoms with Gasteiger partial charge in [-0.1, -0.05) is 23.7 Å². The number of hydrogen-bond donors (Lipinski definition) is 1. The summed E-state index contributed by atoms with van der Waals surface area (Å²) >= 11 is 6.06. The summed E-state index contributed by atoms with van der Waals surface area (Å²) in [5.74, 6) is -2.54. The molecule has 2 fully saturated rings. The number of nitriles is 1. The molecule has 2 aromatic carbocycles. The van der Waals surface area contributed by atoms with Crippen LogP contribution in [0.4, 0.5) is 26.3 Å². The van der Waals surface area contributed by atoms with Crippen LogP contribution in [0.2, 0.25) is 5.02 Å². The van der Waals surface area contributed by atoms with Crippen molar-refractivity contribution in [2.24, 2.45) is 0 Å². The fraction of sp³-hybridized carbons (Fsp3) is 0.400. The molecule has 2 atom stereocenters. The van der Waals surface area contributed by atoms with Gasteiger partial charge in [-0.2, -0.15) is 31.6 Å². The van der Waals surface area contributed by atoms with E-state index in [4.69, 9.17) is 11.6 Å². The van der Waals surface area contributed by atoms with Gasteiger partial charge in [0, 0.05) is 12.6 Å². The van der Waals surface area contributed by atoms with Gasteiger partial charge in [-0.05, 0) is 43.5 Å². The second kappa shape index (κ2) is 10.7. The Labute approximate surface area is 234 Å². The number of likely N-dealkylation sites (tertiary alicyclic amines) is 1. The average Bonchev–Trinajstić information content (AvgIpc) is 3.50. The lowest BCUT2D eigenvalue weighted by atomic mass is 10.0. The van der Waals surface area contributed by atoms with E-state index in [1.54, 1.807) is 0 Å². The molecule has 2 aromatic rings. The summed E-state index contributed by atoms with van der Waals surface area (Å²) < 4.78 is 110. The van der Waals surface area contributed by atoms with Crippen molar-refractivity contribution in [2.75, 3.05) is 13.2 Å². The fourth-order valence-electron chi connectivity index (χ4n) is 4.42. The lowest BCUT2D eigenvalue weighted by molar-refractivity contribution is -0.153. The largest absolute Gasteiger partial charge is 0.484 e. The first kappa shape index (κ1) is 30.4. The molecule has 1 saturated carbocycles. The number of amides is 2. The average molecular weight is 624 g/mol.